The highest BCUT2D eigenvalue weighted by molar-refractivity contribution is 5.59. The molecule has 0 saturated carbocycles. The summed E-state index contributed by atoms with van der Waals surface area (Å²) in [5.74, 6) is 0.389. The van der Waals surface area contributed by atoms with Gasteiger partial charge in [-0.2, -0.15) is 19.5 Å². The molecule has 0 saturated heterocycles. The Bertz CT molecular complexity index is 1130. The molecule has 4 aromatic rings. The van der Waals surface area contributed by atoms with Gasteiger partial charge in [0.15, 0.2) is 11.6 Å². The molecular weight excluding hydrogens is 371 g/mol. The molecule has 9 heteroatoms. The number of rotatable bonds is 4. The molecule has 1 N–H and O–H groups in total. The number of hydrogen-bond donors (Lipinski definition) is 1. The molecule has 0 fully saturated rings. The zero-order valence-corrected chi connectivity index (χ0v) is 15.4. The van der Waals surface area contributed by atoms with E-state index in [2.05, 4.69) is 42.5 Å². The van der Waals surface area contributed by atoms with Crippen molar-refractivity contribution in [3.05, 3.63) is 78.3 Å². The average Bonchev–Trinajstić information content (AvgIpc) is 3.30. The van der Waals surface area contributed by atoms with E-state index in [1.54, 1.807) is 24.7 Å². The summed E-state index contributed by atoms with van der Waals surface area (Å²) < 4.78 is 16.9. The molecule has 0 aliphatic carbocycles. The van der Waals surface area contributed by atoms with Gasteiger partial charge in [-0.1, -0.05) is 24.3 Å². The Morgan fingerprint density at radius 1 is 1.00 bits per heavy atom. The molecule has 0 amide bonds. The Kier molecular flexibility index (Phi) is 4.32. The summed E-state index contributed by atoms with van der Waals surface area (Å²) in [6.07, 6.45) is 8.75. The molecule has 3 aromatic heterocycles. The van der Waals surface area contributed by atoms with E-state index < -0.39 is 5.82 Å². The third-order valence-corrected chi connectivity index (χ3v) is 4.77. The van der Waals surface area contributed by atoms with Crippen molar-refractivity contribution < 1.29 is 4.39 Å². The predicted octanol–water partition coefficient (Wildman–Crippen LogP) is 2.90. The van der Waals surface area contributed by atoms with Gasteiger partial charge in [0.2, 0.25) is 5.82 Å². The fraction of sp³-hybridized carbons (Fsp3) is 0.150. The maximum absolute atomic E-state index is 15.4. The molecule has 0 bridgehead atoms. The first-order valence-electron chi connectivity index (χ1n) is 9.20. The summed E-state index contributed by atoms with van der Waals surface area (Å²) in [6.45, 7) is 1.24. The van der Waals surface area contributed by atoms with E-state index >= 15 is 4.39 Å². The molecule has 1 aromatic carbocycles. The maximum Gasteiger partial charge on any atom is 0.254 e. The minimum absolute atomic E-state index is 0.0276. The normalized spacial score (nSPS) is 13.2. The van der Waals surface area contributed by atoms with Crippen LogP contribution in [0.2, 0.25) is 0 Å². The van der Waals surface area contributed by atoms with Crippen molar-refractivity contribution in [2.24, 2.45) is 0 Å². The second-order valence-corrected chi connectivity index (χ2v) is 6.62. The predicted molar refractivity (Wildman–Crippen MR) is 106 cm³/mol. The molecule has 1 aliphatic rings. The third-order valence-electron chi connectivity index (χ3n) is 4.77. The summed E-state index contributed by atoms with van der Waals surface area (Å²) >= 11 is 0. The second kappa shape index (κ2) is 7.27. The van der Waals surface area contributed by atoms with E-state index in [1.165, 1.54) is 28.2 Å². The average molecular weight is 388 g/mol. The lowest BCUT2D eigenvalue weighted by Crippen LogP contribution is -2.32. The fourth-order valence-corrected chi connectivity index (χ4v) is 3.37. The van der Waals surface area contributed by atoms with Gasteiger partial charge in [0.05, 0.1) is 6.20 Å². The minimum Gasteiger partial charge on any atom is -0.349 e. The van der Waals surface area contributed by atoms with E-state index in [-0.39, 0.29) is 17.6 Å². The molecule has 4 heterocycles. The van der Waals surface area contributed by atoms with E-state index in [0.717, 1.165) is 6.42 Å². The van der Waals surface area contributed by atoms with Crippen LogP contribution in [0.15, 0.2) is 61.3 Å². The Balaban J connectivity index is 1.57. The number of aromatic nitrogens is 6. The highest BCUT2D eigenvalue weighted by Crippen LogP contribution is 2.29. The van der Waals surface area contributed by atoms with Crippen LogP contribution in [0.3, 0.4) is 0 Å². The molecule has 5 rings (SSSR count). The van der Waals surface area contributed by atoms with Crippen LogP contribution >= 0.6 is 0 Å². The summed E-state index contributed by atoms with van der Waals surface area (Å²) in [5.41, 5.74) is 2.45. The van der Waals surface area contributed by atoms with Gasteiger partial charge >= 0.3 is 0 Å². The van der Waals surface area contributed by atoms with E-state index in [4.69, 9.17) is 0 Å². The second-order valence-electron chi connectivity index (χ2n) is 6.62. The van der Waals surface area contributed by atoms with Gasteiger partial charge in [0, 0.05) is 37.9 Å². The number of fused-ring (bicyclic) bond motifs is 1. The van der Waals surface area contributed by atoms with Crippen molar-refractivity contribution >= 4 is 17.5 Å². The van der Waals surface area contributed by atoms with E-state index in [0.29, 0.717) is 18.9 Å². The van der Waals surface area contributed by atoms with Crippen molar-refractivity contribution in [2.45, 2.75) is 13.0 Å². The smallest absolute Gasteiger partial charge is 0.254 e. The van der Waals surface area contributed by atoms with Gasteiger partial charge in [-0.05, 0) is 23.6 Å². The van der Waals surface area contributed by atoms with Crippen LogP contribution in [0.4, 0.5) is 21.8 Å². The Morgan fingerprint density at radius 3 is 2.69 bits per heavy atom. The van der Waals surface area contributed by atoms with Crippen molar-refractivity contribution in [3.63, 3.8) is 0 Å². The van der Waals surface area contributed by atoms with Crippen LogP contribution < -0.4 is 10.2 Å². The first-order chi connectivity index (χ1) is 14.3. The van der Waals surface area contributed by atoms with Gasteiger partial charge in [0.25, 0.3) is 5.95 Å². The molecular formula is C20H17FN8. The lowest BCUT2D eigenvalue weighted by Gasteiger charge is -2.30. The van der Waals surface area contributed by atoms with Crippen LogP contribution in [0.1, 0.15) is 11.1 Å². The Labute approximate surface area is 166 Å². The zero-order chi connectivity index (χ0) is 19.6. The highest BCUT2D eigenvalue weighted by atomic mass is 19.1. The van der Waals surface area contributed by atoms with Gasteiger partial charge in [-0.15, -0.1) is 0 Å². The first-order valence-corrected chi connectivity index (χ1v) is 9.20. The molecule has 1 aliphatic heterocycles. The highest BCUT2D eigenvalue weighted by Gasteiger charge is 2.24. The third kappa shape index (κ3) is 3.38. The number of nitrogens with zero attached hydrogens (tertiary/aromatic N) is 7. The molecule has 0 unspecified atom stereocenters. The molecule has 8 nitrogen and oxygen atoms in total. The number of anilines is 3. The van der Waals surface area contributed by atoms with Gasteiger partial charge < -0.3 is 10.2 Å². The molecule has 0 atom stereocenters. The standard InChI is InChI=1S/C20H17FN8/c21-17-18(25-16-12-22-8-9-23-16)26-20(29-10-3-7-24-29)27-19(17)28-11-6-14-4-1-2-5-15(14)13-28/h1-5,7-10,12H,6,11,13H2,(H,23,25,26,27). The maximum atomic E-state index is 15.4. The van der Waals surface area contributed by atoms with Gasteiger partial charge in [-0.3, -0.25) is 4.98 Å². The zero-order valence-electron chi connectivity index (χ0n) is 15.4. The van der Waals surface area contributed by atoms with E-state index in [9.17, 15) is 0 Å². The largest absolute Gasteiger partial charge is 0.349 e. The fourth-order valence-electron chi connectivity index (χ4n) is 3.37. The Morgan fingerprint density at radius 2 is 1.90 bits per heavy atom. The van der Waals surface area contributed by atoms with Crippen LogP contribution in [0, 0.1) is 5.82 Å². The summed E-state index contributed by atoms with van der Waals surface area (Å²) in [4.78, 5) is 18.9. The SMILES string of the molecule is Fc1c(Nc2cnccn2)nc(-n2cccn2)nc1N1CCc2ccccc2C1. The summed E-state index contributed by atoms with van der Waals surface area (Å²) in [6, 6.07) is 9.96. The summed E-state index contributed by atoms with van der Waals surface area (Å²) in [7, 11) is 0. The number of benzene rings is 1. The quantitative estimate of drug-likeness (QED) is 0.575. The first kappa shape index (κ1) is 17.2. The van der Waals surface area contributed by atoms with Crippen molar-refractivity contribution in [1.29, 1.82) is 0 Å². The van der Waals surface area contributed by atoms with Crippen LogP contribution in [-0.4, -0.2) is 36.3 Å². The van der Waals surface area contributed by atoms with Gasteiger partial charge in [-0.25, -0.2) is 9.67 Å². The number of nitrogens with one attached hydrogen (secondary N) is 1. The van der Waals surface area contributed by atoms with Crippen molar-refractivity contribution in [2.75, 3.05) is 16.8 Å². The lowest BCUT2D eigenvalue weighted by atomic mass is 10.00. The van der Waals surface area contributed by atoms with E-state index in [1.807, 2.05) is 17.0 Å². The van der Waals surface area contributed by atoms with Gasteiger partial charge in [0.1, 0.15) is 5.82 Å². The lowest BCUT2D eigenvalue weighted by molar-refractivity contribution is 0.594. The van der Waals surface area contributed by atoms with Crippen molar-refractivity contribution in [3.8, 4) is 5.95 Å². The molecule has 0 spiro atoms. The van der Waals surface area contributed by atoms with Crippen LogP contribution in [0.25, 0.3) is 5.95 Å². The summed E-state index contributed by atoms with van der Waals surface area (Å²) in [5, 5.41) is 7.09. The topological polar surface area (TPSA) is 84.7 Å². The van der Waals surface area contributed by atoms with Crippen LogP contribution in [0.5, 0.6) is 0 Å². The molecule has 144 valence electrons. The molecule has 29 heavy (non-hydrogen) atoms. The van der Waals surface area contributed by atoms with Crippen LogP contribution in [-0.2, 0) is 13.0 Å². The number of hydrogen-bond acceptors (Lipinski definition) is 7. The number of halogens is 1. The minimum atomic E-state index is -0.536. The molecule has 0 radical (unpaired) electrons. The Hall–Kier alpha value is -3.88. The van der Waals surface area contributed by atoms with Crippen molar-refractivity contribution in [1.82, 2.24) is 29.7 Å². The monoisotopic (exact) mass is 388 g/mol.